The molecule has 23 heavy (non-hydrogen) atoms. The van der Waals surface area contributed by atoms with E-state index in [1.807, 2.05) is 0 Å². The van der Waals surface area contributed by atoms with E-state index in [0.29, 0.717) is 21.3 Å². The molecule has 1 aromatic carbocycles. The summed E-state index contributed by atoms with van der Waals surface area (Å²) >= 11 is 7.11. The van der Waals surface area contributed by atoms with E-state index in [1.54, 1.807) is 56.5 Å². The monoisotopic (exact) mass is 352 g/mol. The molecule has 0 unspecified atom stereocenters. The van der Waals surface area contributed by atoms with Crippen LogP contribution in [0.1, 0.15) is 31.1 Å². The van der Waals surface area contributed by atoms with Gasteiger partial charge in [-0.05, 0) is 56.5 Å². The van der Waals surface area contributed by atoms with E-state index in [2.05, 4.69) is 10.6 Å². The number of carbonyl (C=O) groups excluding carboxylic acids is 2. The Balaban J connectivity index is 2.05. The normalized spacial score (nSPS) is 11.0. The summed E-state index contributed by atoms with van der Waals surface area (Å²) in [6.07, 6.45) is -0.571. The van der Waals surface area contributed by atoms with Crippen molar-refractivity contribution in [2.24, 2.45) is 0 Å². The van der Waals surface area contributed by atoms with Crippen molar-refractivity contribution in [1.82, 2.24) is 0 Å². The van der Waals surface area contributed by atoms with Gasteiger partial charge in [0.15, 0.2) is 0 Å². The second-order valence-electron chi connectivity index (χ2n) is 5.75. The smallest absolute Gasteiger partial charge is 0.412 e. The first-order valence-corrected chi connectivity index (χ1v) is 8.15. The molecule has 2 N–H and O–H groups in total. The van der Waals surface area contributed by atoms with Crippen molar-refractivity contribution in [2.45, 2.75) is 26.4 Å². The van der Waals surface area contributed by atoms with Crippen molar-refractivity contribution >= 4 is 45.6 Å². The topological polar surface area (TPSA) is 67.4 Å². The van der Waals surface area contributed by atoms with Crippen molar-refractivity contribution in [3.63, 3.8) is 0 Å². The molecule has 0 aliphatic rings. The minimum Gasteiger partial charge on any atom is -0.444 e. The molecule has 0 spiro atoms. The van der Waals surface area contributed by atoms with Crippen LogP contribution in [0.3, 0.4) is 0 Å². The number of ether oxygens (including phenoxy) is 1. The second kappa shape index (κ2) is 7.02. The fourth-order valence-corrected chi connectivity index (χ4v) is 2.56. The Morgan fingerprint density at radius 3 is 2.35 bits per heavy atom. The van der Waals surface area contributed by atoms with Crippen LogP contribution in [0, 0.1) is 0 Å². The highest BCUT2D eigenvalue weighted by molar-refractivity contribution is 7.15. The highest BCUT2D eigenvalue weighted by atomic mass is 35.5. The number of carbonyl (C=O) groups is 2. The summed E-state index contributed by atoms with van der Waals surface area (Å²) in [6, 6.07) is 8.25. The molecule has 5 nitrogen and oxygen atoms in total. The molecule has 0 aliphatic heterocycles. The van der Waals surface area contributed by atoms with Gasteiger partial charge in [-0.25, -0.2) is 4.79 Å². The number of nitrogens with one attached hydrogen (secondary N) is 2. The molecule has 0 atom stereocenters. The number of rotatable bonds is 3. The largest absolute Gasteiger partial charge is 0.444 e. The molecule has 7 heteroatoms. The fourth-order valence-electron chi connectivity index (χ4n) is 1.69. The van der Waals surface area contributed by atoms with Crippen molar-refractivity contribution in [2.75, 3.05) is 10.6 Å². The number of anilines is 2. The van der Waals surface area contributed by atoms with E-state index in [1.165, 1.54) is 11.3 Å². The standard InChI is InChI=1S/C16H17ClN2O3S/c1-16(2,3)22-15(21)18-12-8-9-23-14(12)19-13(20)10-4-6-11(17)7-5-10/h4-9H,1-3H3,(H,18,21)(H,19,20). The molecule has 1 aromatic heterocycles. The van der Waals surface area contributed by atoms with E-state index in [0.717, 1.165) is 0 Å². The maximum absolute atomic E-state index is 12.2. The minimum atomic E-state index is -0.590. The molecule has 122 valence electrons. The predicted molar refractivity (Wildman–Crippen MR) is 93.6 cm³/mol. The SMILES string of the molecule is CC(C)(C)OC(=O)Nc1ccsc1NC(=O)c1ccc(Cl)cc1. The van der Waals surface area contributed by atoms with Crippen molar-refractivity contribution < 1.29 is 14.3 Å². The summed E-state index contributed by atoms with van der Waals surface area (Å²) in [5.74, 6) is -0.281. The van der Waals surface area contributed by atoms with Gasteiger partial charge in [0, 0.05) is 10.6 Å². The molecule has 0 fully saturated rings. The van der Waals surface area contributed by atoms with Crippen LogP contribution in [0.4, 0.5) is 15.5 Å². The van der Waals surface area contributed by atoms with Crippen LogP contribution in [0.2, 0.25) is 5.02 Å². The molecule has 0 aliphatic carbocycles. The van der Waals surface area contributed by atoms with Gasteiger partial charge in [-0.2, -0.15) is 0 Å². The molecule has 0 bridgehead atoms. The van der Waals surface area contributed by atoms with Gasteiger partial charge in [-0.1, -0.05) is 11.6 Å². The quantitative estimate of drug-likeness (QED) is 0.816. The average molecular weight is 353 g/mol. The van der Waals surface area contributed by atoms with Crippen LogP contribution in [-0.4, -0.2) is 17.6 Å². The third-order valence-electron chi connectivity index (χ3n) is 2.63. The van der Waals surface area contributed by atoms with Gasteiger partial charge in [-0.3, -0.25) is 10.1 Å². The predicted octanol–water partition coefficient (Wildman–Crippen LogP) is 5.00. The Kier molecular flexibility index (Phi) is 5.28. The number of hydrogen-bond donors (Lipinski definition) is 2. The second-order valence-corrected chi connectivity index (χ2v) is 7.10. The van der Waals surface area contributed by atoms with Gasteiger partial charge in [0.25, 0.3) is 5.91 Å². The number of hydrogen-bond acceptors (Lipinski definition) is 4. The number of benzene rings is 1. The van der Waals surface area contributed by atoms with E-state index in [4.69, 9.17) is 16.3 Å². The zero-order valence-corrected chi connectivity index (χ0v) is 14.5. The Morgan fingerprint density at radius 1 is 1.09 bits per heavy atom. The summed E-state index contributed by atoms with van der Waals surface area (Å²) < 4.78 is 5.20. The molecule has 1 heterocycles. The summed E-state index contributed by atoms with van der Waals surface area (Å²) in [7, 11) is 0. The lowest BCUT2D eigenvalue weighted by atomic mass is 10.2. The highest BCUT2D eigenvalue weighted by Crippen LogP contribution is 2.29. The summed E-state index contributed by atoms with van der Waals surface area (Å²) in [5, 5.41) is 8.25. The average Bonchev–Trinajstić information content (AvgIpc) is 2.84. The third-order valence-corrected chi connectivity index (χ3v) is 3.72. The first-order chi connectivity index (χ1) is 10.7. The molecule has 2 amide bonds. The lowest BCUT2D eigenvalue weighted by molar-refractivity contribution is 0.0635. The van der Waals surface area contributed by atoms with Gasteiger partial charge in [-0.15, -0.1) is 11.3 Å². The van der Waals surface area contributed by atoms with Crippen LogP contribution in [0.15, 0.2) is 35.7 Å². The highest BCUT2D eigenvalue weighted by Gasteiger charge is 2.18. The van der Waals surface area contributed by atoms with Gasteiger partial charge >= 0.3 is 6.09 Å². The van der Waals surface area contributed by atoms with Gasteiger partial charge < -0.3 is 10.1 Å². The van der Waals surface area contributed by atoms with E-state index in [9.17, 15) is 9.59 Å². The lowest BCUT2D eigenvalue weighted by Crippen LogP contribution is -2.27. The molecule has 0 saturated heterocycles. The van der Waals surface area contributed by atoms with Gasteiger partial charge in [0.1, 0.15) is 10.6 Å². The van der Waals surface area contributed by atoms with Gasteiger partial charge in [0.2, 0.25) is 0 Å². The molecule has 2 aromatic rings. The fraction of sp³-hybridized carbons (Fsp3) is 0.250. The number of halogens is 1. The zero-order valence-electron chi connectivity index (χ0n) is 13.0. The molecule has 2 rings (SSSR count). The number of thiophene rings is 1. The maximum atomic E-state index is 12.2. The molecule has 0 radical (unpaired) electrons. The van der Waals surface area contributed by atoms with Gasteiger partial charge in [0.05, 0.1) is 5.69 Å². The lowest BCUT2D eigenvalue weighted by Gasteiger charge is -2.19. The van der Waals surface area contributed by atoms with E-state index >= 15 is 0 Å². The Bertz CT molecular complexity index is 705. The van der Waals surface area contributed by atoms with Crippen LogP contribution in [0.25, 0.3) is 0 Å². The Labute approximate surface area is 143 Å². The Hall–Kier alpha value is -2.05. The summed E-state index contributed by atoms with van der Waals surface area (Å²) in [5.41, 5.74) is 0.380. The third kappa shape index (κ3) is 5.26. The summed E-state index contributed by atoms with van der Waals surface area (Å²) in [6.45, 7) is 5.34. The van der Waals surface area contributed by atoms with Crippen LogP contribution < -0.4 is 10.6 Å². The molecular weight excluding hydrogens is 336 g/mol. The van der Waals surface area contributed by atoms with Crippen molar-refractivity contribution in [3.8, 4) is 0 Å². The van der Waals surface area contributed by atoms with E-state index in [-0.39, 0.29) is 5.91 Å². The zero-order chi connectivity index (χ0) is 17.0. The van der Waals surface area contributed by atoms with Crippen LogP contribution in [0.5, 0.6) is 0 Å². The molecular formula is C16H17ClN2O3S. The maximum Gasteiger partial charge on any atom is 0.412 e. The molecule has 0 saturated carbocycles. The first kappa shape index (κ1) is 17.3. The summed E-state index contributed by atoms with van der Waals surface area (Å²) in [4.78, 5) is 24.0. The first-order valence-electron chi connectivity index (χ1n) is 6.89. The van der Waals surface area contributed by atoms with Crippen molar-refractivity contribution in [1.29, 1.82) is 0 Å². The minimum absolute atomic E-state index is 0.281. The Morgan fingerprint density at radius 2 is 1.74 bits per heavy atom. The van der Waals surface area contributed by atoms with E-state index < -0.39 is 11.7 Å². The van der Waals surface area contributed by atoms with Crippen molar-refractivity contribution in [3.05, 3.63) is 46.3 Å². The number of amides is 2. The van der Waals surface area contributed by atoms with Crippen LogP contribution in [-0.2, 0) is 4.74 Å². The van der Waals surface area contributed by atoms with Crippen LogP contribution >= 0.6 is 22.9 Å².